The Morgan fingerprint density at radius 2 is 1.16 bits per heavy atom. The number of fused-ring (bicyclic) bond motifs is 3. The van der Waals surface area contributed by atoms with E-state index in [-0.39, 0.29) is 38.8 Å². The molecule has 37 heavy (non-hydrogen) atoms. The summed E-state index contributed by atoms with van der Waals surface area (Å²) in [5.41, 5.74) is 5.25. The summed E-state index contributed by atoms with van der Waals surface area (Å²) in [6.07, 6.45) is -0.734. The van der Waals surface area contributed by atoms with Crippen molar-refractivity contribution in [2.24, 2.45) is 0 Å². The molecule has 0 heterocycles. The fourth-order valence-electron chi connectivity index (χ4n) is 4.07. The van der Waals surface area contributed by atoms with E-state index in [2.05, 4.69) is 16.0 Å². The highest BCUT2D eigenvalue weighted by Gasteiger charge is 2.29. The van der Waals surface area contributed by atoms with Crippen LogP contribution in [0.15, 0.2) is 78.9 Å². The molecule has 9 nitrogen and oxygen atoms in total. The molecule has 190 valence electrons. The van der Waals surface area contributed by atoms with Gasteiger partial charge in [0.2, 0.25) is 11.8 Å². The predicted octanol–water partition coefficient (Wildman–Crippen LogP) is 2.50. The van der Waals surface area contributed by atoms with Gasteiger partial charge in [-0.05, 0) is 27.8 Å². The van der Waals surface area contributed by atoms with Crippen LogP contribution in [-0.2, 0) is 30.5 Å². The first-order chi connectivity index (χ1) is 18.0. The molecule has 0 aromatic heterocycles. The van der Waals surface area contributed by atoms with Crippen molar-refractivity contribution in [3.63, 3.8) is 0 Å². The summed E-state index contributed by atoms with van der Waals surface area (Å²) < 4.78 is 10.4. The standard InChI is InChI=1S/C28H27N3O6/c32-25(30-16-27(34)36-17-19-8-2-1-3-9-19)14-29-26(33)15-31-28(35)37-18-24-22-12-6-4-10-20(22)21-11-5-7-13-23(21)24/h1-13,24H,14-18H2,(H,29,33)(H,30,32)(H,31,35). The van der Waals surface area contributed by atoms with E-state index in [0.29, 0.717) is 0 Å². The fraction of sp³-hybridized carbons (Fsp3) is 0.214. The maximum Gasteiger partial charge on any atom is 0.407 e. The second-order valence-electron chi connectivity index (χ2n) is 8.38. The number of nitrogens with one attached hydrogen (secondary N) is 3. The SMILES string of the molecule is O=C(CNC(=O)CNC(=O)OCC1c2ccccc2-c2ccccc21)NCC(=O)OCc1ccccc1. The molecule has 0 unspecified atom stereocenters. The summed E-state index contributed by atoms with van der Waals surface area (Å²) in [6.45, 7) is -0.794. The topological polar surface area (TPSA) is 123 Å². The molecule has 3 N–H and O–H groups in total. The van der Waals surface area contributed by atoms with Crippen LogP contribution in [0.5, 0.6) is 0 Å². The molecule has 0 saturated carbocycles. The van der Waals surface area contributed by atoms with Gasteiger partial charge in [-0.3, -0.25) is 14.4 Å². The van der Waals surface area contributed by atoms with E-state index in [1.165, 1.54) is 0 Å². The van der Waals surface area contributed by atoms with Gasteiger partial charge in [-0.1, -0.05) is 78.9 Å². The van der Waals surface area contributed by atoms with Crippen molar-refractivity contribution < 1.29 is 28.7 Å². The summed E-state index contributed by atoms with van der Waals surface area (Å²) in [5, 5.41) is 7.12. The summed E-state index contributed by atoms with van der Waals surface area (Å²) in [5.74, 6) is -1.82. The van der Waals surface area contributed by atoms with Crippen LogP contribution in [0.2, 0.25) is 0 Å². The van der Waals surface area contributed by atoms with Crippen LogP contribution < -0.4 is 16.0 Å². The largest absolute Gasteiger partial charge is 0.460 e. The van der Waals surface area contributed by atoms with Crippen LogP contribution in [0.1, 0.15) is 22.6 Å². The van der Waals surface area contributed by atoms with Gasteiger partial charge in [0.25, 0.3) is 0 Å². The lowest BCUT2D eigenvalue weighted by Crippen LogP contribution is -2.43. The van der Waals surface area contributed by atoms with Crippen molar-refractivity contribution in [2.75, 3.05) is 26.2 Å². The Morgan fingerprint density at radius 1 is 0.622 bits per heavy atom. The highest BCUT2D eigenvalue weighted by molar-refractivity contribution is 5.88. The quantitative estimate of drug-likeness (QED) is 0.367. The fourth-order valence-corrected chi connectivity index (χ4v) is 4.07. The molecule has 3 amide bonds. The maximum absolute atomic E-state index is 12.2. The van der Waals surface area contributed by atoms with Crippen LogP contribution in [-0.4, -0.2) is 50.1 Å². The second-order valence-corrected chi connectivity index (χ2v) is 8.38. The van der Waals surface area contributed by atoms with Crippen molar-refractivity contribution in [1.29, 1.82) is 0 Å². The Balaban J connectivity index is 1.12. The number of rotatable bonds is 10. The molecule has 9 heteroatoms. The van der Waals surface area contributed by atoms with E-state index in [1.54, 1.807) is 0 Å². The lowest BCUT2D eigenvalue weighted by atomic mass is 9.98. The van der Waals surface area contributed by atoms with Gasteiger partial charge in [0.05, 0.1) is 6.54 Å². The second kappa shape index (κ2) is 12.3. The van der Waals surface area contributed by atoms with E-state index in [0.717, 1.165) is 27.8 Å². The molecular formula is C28H27N3O6. The molecule has 0 fully saturated rings. The number of esters is 1. The molecule has 0 saturated heterocycles. The molecule has 0 spiro atoms. The molecule has 3 aromatic carbocycles. The number of hydrogen-bond donors (Lipinski definition) is 3. The number of carbonyl (C=O) groups excluding carboxylic acids is 4. The summed E-state index contributed by atoms with van der Waals surface area (Å²) >= 11 is 0. The lowest BCUT2D eigenvalue weighted by molar-refractivity contribution is -0.145. The smallest absolute Gasteiger partial charge is 0.407 e. The number of amides is 3. The van der Waals surface area contributed by atoms with Gasteiger partial charge in [0.1, 0.15) is 26.3 Å². The van der Waals surface area contributed by atoms with Crippen molar-refractivity contribution in [1.82, 2.24) is 16.0 Å². The van der Waals surface area contributed by atoms with Gasteiger partial charge >= 0.3 is 12.1 Å². The minimum Gasteiger partial charge on any atom is -0.460 e. The van der Waals surface area contributed by atoms with Crippen LogP contribution in [0.3, 0.4) is 0 Å². The van der Waals surface area contributed by atoms with E-state index in [4.69, 9.17) is 9.47 Å². The summed E-state index contributed by atoms with van der Waals surface area (Å²) in [4.78, 5) is 47.8. The van der Waals surface area contributed by atoms with E-state index in [9.17, 15) is 19.2 Å². The summed E-state index contributed by atoms with van der Waals surface area (Å²) in [7, 11) is 0. The number of benzene rings is 3. The van der Waals surface area contributed by atoms with Crippen molar-refractivity contribution >= 4 is 23.9 Å². The molecule has 3 aromatic rings. The lowest BCUT2D eigenvalue weighted by Gasteiger charge is -2.14. The van der Waals surface area contributed by atoms with E-state index in [1.807, 2.05) is 78.9 Å². The predicted molar refractivity (Wildman–Crippen MR) is 135 cm³/mol. The Kier molecular flexibility index (Phi) is 8.49. The average molecular weight is 502 g/mol. The minimum atomic E-state index is -0.734. The Bertz CT molecular complexity index is 1230. The zero-order valence-corrected chi connectivity index (χ0v) is 20.1. The van der Waals surface area contributed by atoms with Crippen molar-refractivity contribution in [3.8, 4) is 11.1 Å². The van der Waals surface area contributed by atoms with Gasteiger partial charge < -0.3 is 25.4 Å². The maximum atomic E-state index is 12.2. The molecule has 4 rings (SSSR count). The van der Waals surface area contributed by atoms with Gasteiger partial charge in [-0.15, -0.1) is 0 Å². The first-order valence-electron chi connectivity index (χ1n) is 11.8. The molecule has 1 aliphatic rings. The van der Waals surface area contributed by atoms with Crippen LogP contribution in [0.4, 0.5) is 4.79 Å². The van der Waals surface area contributed by atoms with Crippen LogP contribution >= 0.6 is 0 Å². The van der Waals surface area contributed by atoms with E-state index >= 15 is 0 Å². The number of hydrogen-bond acceptors (Lipinski definition) is 6. The monoisotopic (exact) mass is 501 g/mol. The van der Waals surface area contributed by atoms with Crippen LogP contribution in [0, 0.1) is 0 Å². The minimum absolute atomic E-state index is 0.0879. The van der Waals surface area contributed by atoms with Crippen molar-refractivity contribution in [3.05, 3.63) is 95.6 Å². The first-order valence-corrected chi connectivity index (χ1v) is 11.8. The molecule has 0 bridgehead atoms. The summed E-state index contributed by atoms with van der Waals surface area (Å²) in [6, 6.07) is 25.1. The first kappa shape index (κ1) is 25.4. The molecule has 0 atom stereocenters. The Hall–Kier alpha value is -4.66. The van der Waals surface area contributed by atoms with Gasteiger partial charge in [-0.2, -0.15) is 0 Å². The van der Waals surface area contributed by atoms with Gasteiger partial charge in [-0.25, -0.2) is 4.79 Å². The normalized spacial score (nSPS) is 11.6. The van der Waals surface area contributed by atoms with Gasteiger partial charge in [0.15, 0.2) is 0 Å². The molecule has 0 radical (unpaired) electrons. The van der Waals surface area contributed by atoms with E-state index < -0.39 is 23.9 Å². The number of carbonyl (C=O) groups is 4. The zero-order chi connectivity index (χ0) is 26.0. The molecular weight excluding hydrogens is 474 g/mol. The van der Waals surface area contributed by atoms with Crippen LogP contribution in [0.25, 0.3) is 11.1 Å². The number of ether oxygens (including phenoxy) is 2. The highest BCUT2D eigenvalue weighted by Crippen LogP contribution is 2.44. The molecule has 0 aliphatic heterocycles. The third-order valence-electron chi connectivity index (χ3n) is 5.86. The number of alkyl carbamates (subject to hydrolysis) is 1. The Morgan fingerprint density at radius 3 is 1.81 bits per heavy atom. The average Bonchev–Trinajstić information content (AvgIpc) is 3.25. The third-order valence-corrected chi connectivity index (χ3v) is 5.86. The van der Waals surface area contributed by atoms with Gasteiger partial charge in [0, 0.05) is 5.92 Å². The highest BCUT2D eigenvalue weighted by atomic mass is 16.5. The zero-order valence-electron chi connectivity index (χ0n) is 20.1. The van der Waals surface area contributed by atoms with Crippen molar-refractivity contribution in [2.45, 2.75) is 12.5 Å². The third kappa shape index (κ3) is 6.94. The Labute approximate surface area is 214 Å². The molecule has 1 aliphatic carbocycles.